The normalized spacial score (nSPS) is 13.6. The molecule has 0 aliphatic carbocycles. The minimum atomic E-state index is 0.00403. The van der Waals surface area contributed by atoms with Crippen LogP contribution in [-0.4, -0.2) is 63.2 Å². The Labute approximate surface area is 175 Å². The number of nitrogens with one attached hydrogen (secondary N) is 1. The van der Waals surface area contributed by atoms with E-state index >= 15 is 0 Å². The standard InChI is InChI=1S/C22H25N7O/c1-14(2)16-10-21(27-24-12-16)26-20-6-5-18-19(25-20)9-17(11-23-18)15-7-8-29(13-15)22(30)28(3)4/h5-7,9-12,14H,8,13H2,1-4H3,(H,25,26,27). The topological polar surface area (TPSA) is 87.1 Å². The highest BCUT2D eigenvalue weighted by atomic mass is 16.2. The molecule has 4 heterocycles. The minimum Gasteiger partial charge on any atom is -0.331 e. The number of pyridine rings is 2. The molecule has 154 valence electrons. The molecular formula is C22H25N7O. The third-order valence-electron chi connectivity index (χ3n) is 5.08. The highest BCUT2D eigenvalue weighted by Crippen LogP contribution is 2.25. The highest BCUT2D eigenvalue weighted by molar-refractivity contribution is 5.84. The quantitative estimate of drug-likeness (QED) is 0.715. The number of hydrogen-bond acceptors (Lipinski definition) is 6. The van der Waals surface area contributed by atoms with Crippen molar-refractivity contribution in [2.45, 2.75) is 19.8 Å². The molecule has 3 aromatic heterocycles. The van der Waals surface area contributed by atoms with E-state index in [9.17, 15) is 4.79 Å². The van der Waals surface area contributed by atoms with Crippen LogP contribution in [-0.2, 0) is 0 Å². The van der Waals surface area contributed by atoms with Crippen molar-refractivity contribution in [1.29, 1.82) is 0 Å². The predicted octanol–water partition coefficient (Wildman–Crippen LogP) is 3.67. The molecule has 0 radical (unpaired) electrons. The van der Waals surface area contributed by atoms with E-state index in [-0.39, 0.29) is 6.03 Å². The third-order valence-corrected chi connectivity index (χ3v) is 5.08. The van der Waals surface area contributed by atoms with Gasteiger partial charge >= 0.3 is 6.03 Å². The Morgan fingerprint density at radius 2 is 1.97 bits per heavy atom. The second kappa shape index (κ2) is 8.06. The average molecular weight is 403 g/mol. The molecule has 2 amide bonds. The van der Waals surface area contributed by atoms with E-state index < -0.39 is 0 Å². The van der Waals surface area contributed by atoms with Crippen LogP contribution in [0.4, 0.5) is 16.4 Å². The summed E-state index contributed by atoms with van der Waals surface area (Å²) in [5.41, 5.74) is 4.76. The second-order valence-electron chi connectivity index (χ2n) is 7.90. The van der Waals surface area contributed by atoms with Gasteiger partial charge in [-0.15, -0.1) is 5.10 Å². The summed E-state index contributed by atoms with van der Waals surface area (Å²) in [4.78, 5) is 24.8. The molecule has 3 aromatic rings. The first-order valence-electron chi connectivity index (χ1n) is 9.93. The number of hydrogen-bond donors (Lipinski definition) is 1. The Morgan fingerprint density at radius 1 is 1.13 bits per heavy atom. The van der Waals surface area contributed by atoms with Crippen LogP contribution in [0.2, 0.25) is 0 Å². The first kappa shape index (κ1) is 19.8. The van der Waals surface area contributed by atoms with Gasteiger partial charge in [-0.2, -0.15) is 5.10 Å². The zero-order valence-corrected chi connectivity index (χ0v) is 17.6. The largest absolute Gasteiger partial charge is 0.331 e. The molecule has 0 aromatic carbocycles. The summed E-state index contributed by atoms with van der Waals surface area (Å²) in [6.45, 7) is 5.41. The predicted molar refractivity (Wildman–Crippen MR) is 118 cm³/mol. The fourth-order valence-corrected chi connectivity index (χ4v) is 3.33. The average Bonchev–Trinajstić information content (AvgIpc) is 3.23. The molecule has 30 heavy (non-hydrogen) atoms. The molecule has 8 nitrogen and oxygen atoms in total. The molecule has 8 heteroatoms. The van der Waals surface area contributed by atoms with Crippen LogP contribution in [0.25, 0.3) is 16.6 Å². The Bertz CT molecular complexity index is 1120. The van der Waals surface area contributed by atoms with Crippen LogP contribution in [0.15, 0.2) is 42.7 Å². The van der Waals surface area contributed by atoms with E-state index in [4.69, 9.17) is 4.98 Å². The van der Waals surface area contributed by atoms with E-state index in [1.165, 1.54) is 0 Å². The van der Waals surface area contributed by atoms with Crippen molar-refractivity contribution in [1.82, 2.24) is 30.0 Å². The molecule has 0 spiro atoms. The van der Waals surface area contributed by atoms with Crippen LogP contribution in [0.1, 0.15) is 30.9 Å². The molecule has 1 N–H and O–H groups in total. The molecule has 1 aliphatic rings. The molecule has 0 fully saturated rings. The van der Waals surface area contributed by atoms with Crippen LogP contribution in [0.3, 0.4) is 0 Å². The maximum atomic E-state index is 12.2. The van der Waals surface area contributed by atoms with Gasteiger partial charge in [-0.1, -0.05) is 19.9 Å². The van der Waals surface area contributed by atoms with Gasteiger partial charge in [0.2, 0.25) is 0 Å². The van der Waals surface area contributed by atoms with Crippen molar-refractivity contribution >= 4 is 34.3 Å². The van der Waals surface area contributed by atoms with Crippen molar-refractivity contribution in [2.75, 3.05) is 32.5 Å². The lowest BCUT2D eigenvalue weighted by atomic mass is 10.1. The summed E-state index contributed by atoms with van der Waals surface area (Å²) < 4.78 is 0. The van der Waals surface area contributed by atoms with Gasteiger partial charge in [0, 0.05) is 33.4 Å². The van der Waals surface area contributed by atoms with Crippen LogP contribution in [0, 0.1) is 0 Å². The fourth-order valence-electron chi connectivity index (χ4n) is 3.33. The third kappa shape index (κ3) is 4.07. The van der Waals surface area contributed by atoms with Gasteiger partial charge in [0.15, 0.2) is 5.82 Å². The fraction of sp³-hybridized carbons (Fsp3) is 0.318. The number of carbonyl (C=O) groups is 1. The minimum absolute atomic E-state index is 0.00403. The van der Waals surface area contributed by atoms with E-state index in [1.807, 2.05) is 30.5 Å². The summed E-state index contributed by atoms with van der Waals surface area (Å²) in [6.07, 6.45) is 5.68. The lowest BCUT2D eigenvalue weighted by Crippen LogP contribution is -2.37. The number of fused-ring (bicyclic) bond motifs is 1. The van der Waals surface area contributed by atoms with E-state index in [2.05, 4.69) is 40.4 Å². The number of nitrogens with zero attached hydrogens (tertiary/aromatic N) is 6. The zero-order chi connectivity index (χ0) is 21.3. The summed E-state index contributed by atoms with van der Waals surface area (Å²) >= 11 is 0. The number of urea groups is 1. The molecule has 4 rings (SSSR count). The number of aromatic nitrogens is 4. The van der Waals surface area contributed by atoms with Gasteiger partial charge in [-0.25, -0.2) is 9.78 Å². The SMILES string of the molecule is CC(C)c1cnnc(Nc2ccc3ncc(C4=CCN(C(=O)N(C)C)C4)cc3n2)c1. The Morgan fingerprint density at radius 3 is 2.73 bits per heavy atom. The second-order valence-corrected chi connectivity index (χ2v) is 7.90. The monoisotopic (exact) mass is 403 g/mol. The van der Waals surface area contributed by atoms with Crippen LogP contribution >= 0.6 is 0 Å². The number of anilines is 2. The van der Waals surface area contributed by atoms with E-state index in [0.717, 1.165) is 27.7 Å². The Kier molecular flexibility index (Phi) is 5.31. The number of carbonyl (C=O) groups excluding carboxylic acids is 1. The Balaban J connectivity index is 1.56. The first-order chi connectivity index (χ1) is 14.4. The van der Waals surface area contributed by atoms with Crippen LogP contribution < -0.4 is 5.32 Å². The summed E-state index contributed by atoms with van der Waals surface area (Å²) in [5.74, 6) is 1.71. The molecule has 0 atom stereocenters. The highest BCUT2D eigenvalue weighted by Gasteiger charge is 2.22. The van der Waals surface area contributed by atoms with Crippen molar-refractivity contribution in [3.8, 4) is 0 Å². The lowest BCUT2D eigenvalue weighted by Gasteiger charge is -2.21. The van der Waals surface area contributed by atoms with Crippen molar-refractivity contribution in [3.63, 3.8) is 0 Å². The molecule has 0 saturated heterocycles. The lowest BCUT2D eigenvalue weighted by molar-refractivity contribution is 0.184. The van der Waals surface area contributed by atoms with Crippen molar-refractivity contribution in [2.24, 2.45) is 0 Å². The first-order valence-corrected chi connectivity index (χ1v) is 9.93. The smallest absolute Gasteiger partial charge is 0.320 e. The van der Waals surface area contributed by atoms with Gasteiger partial charge in [-0.05, 0) is 46.9 Å². The van der Waals surface area contributed by atoms with Gasteiger partial charge in [-0.3, -0.25) is 4.98 Å². The molecule has 0 saturated carbocycles. The zero-order valence-electron chi connectivity index (χ0n) is 17.6. The van der Waals surface area contributed by atoms with E-state index in [0.29, 0.717) is 30.6 Å². The maximum Gasteiger partial charge on any atom is 0.320 e. The van der Waals surface area contributed by atoms with Gasteiger partial charge < -0.3 is 15.1 Å². The van der Waals surface area contributed by atoms with Crippen molar-refractivity contribution < 1.29 is 4.79 Å². The summed E-state index contributed by atoms with van der Waals surface area (Å²) in [5, 5.41) is 11.4. The van der Waals surface area contributed by atoms with Gasteiger partial charge in [0.1, 0.15) is 5.82 Å². The van der Waals surface area contributed by atoms with Crippen molar-refractivity contribution in [3.05, 3.63) is 53.9 Å². The molecular weight excluding hydrogens is 378 g/mol. The molecule has 0 bridgehead atoms. The van der Waals surface area contributed by atoms with E-state index in [1.54, 1.807) is 30.1 Å². The number of amides is 2. The van der Waals surface area contributed by atoms with Gasteiger partial charge in [0.25, 0.3) is 0 Å². The molecule has 1 aliphatic heterocycles. The Hall–Kier alpha value is -3.55. The van der Waals surface area contributed by atoms with Gasteiger partial charge in [0.05, 0.1) is 17.2 Å². The van der Waals surface area contributed by atoms with Crippen LogP contribution in [0.5, 0.6) is 0 Å². The maximum absolute atomic E-state index is 12.2. The summed E-state index contributed by atoms with van der Waals surface area (Å²) in [6, 6.07) is 7.81. The summed E-state index contributed by atoms with van der Waals surface area (Å²) in [7, 11) is 3.52. The number of rotatable bonds is 4. The molecule has 0 unspecified atom stereocenters.